The lowest BCUT2D eigenvalue weighted by Gasteiger charge is -2.32. The molecule has 1 atom stereocenters. The zero-order chi connectivity index (χ0) is 14.1. The van der Waals surface area contributed by atoms with E-state index < -0.39 is 0 Å². The maximum atomic E-state index is 12.5. The van der Waals surface area contributed by atoms with Gasteiger partial charge in [-0.2, -0.15) is 12.6 Å². The summed E-state index contributed by atoms with van der Waals surface area (Å²) < 4.78 is 0. The Balaban J connectivity index is 1.86. The van der Waals surface area contributed by atoms with E-state index in [1.54, 1.807) is 0 Å². The number of fused-ring (bicyclic) bond motifs is 1. The second-order valence-corrected chi connectivity index (χ2v) is 5.97. The number of nitrogens with zero attached hydrogens (tertiary/aromatic N) is 1. The van der Waals surface area contributed by atoms with Crippen LogP contribution in [0.25, 0.3) is 0 Å². The lowest BCUT2D eigenvalue weighted by atomic mass is 9.98. The maximum Gasteiger partial charge on any atom is 0.254 e. The Morgan fingerprint density at radius 2 is 1.85 bits per heavy atom. The average Bonchev–Trinajstić information content (AvgIpc) is 2.47. The van der Waals surface area contributed by atoms with Crippen molar-refractivity contribution in [3.05, 3.63) is 70.2 Å². The van der Waals surface area contributed by atoms with Crippen molar-refractivity contribution in [2.45, 2.75) is 11.8 Å². The molecule has 2 aromatic carbocycles. The summed E-state index contributed by atoms with van der Waals surface area (Å²) in [7, 11) is 0. The first-order valence-electron chi connectivity index (χ1n) is 6.46. The van der Waals surface area contributed by atoms with Crippen LogP contribution in [0.15, 0.2) is 48.5 Å². The molecule has 3 rings (SSSR count). The van der Waals surface area contributed by atoms with E-state index in [0.717, 1.165) is 16.7 Å². The minimum absolute atomic E-state index is 0.0659. The van der Waals surface area contributed by atoms with Crippen LogP contribution in [0.4, 0.5) is 0 Å². The lowest BCUT2D eigenvalue weighted by Crippen LogP contribution is -2.38. The topological polar surface area (TPSA) is 20.3 Å². The predicted octanol–water partition coefficient (Wildman–Crippen LogP) is 3.97. The first-order chi connectivity index (χ1) is 9.65. The molecule has 4 heteroatoms. The van der Waals surface area contributed by atoms with Crippen molar-refractivity contribution in [3.63, 3.8) is 0 Å². The minimum atomic E-state index is 0.0659. The fourth-order valence-electron chi connectivity index (χ4n) is 2.49. The average molecular weight is 304 g/mol. The molecule has 0 bridgehead atoms. The van der Waals surface area contributed by atoms with Gasteiger partial charge >= 0.3 is 0 Å². The normalized spacial score (nSPS) is 18.0. The Morgan fingerprint density at radius 1 is 1.15 bits per heavy atom. The van der Waals surface area contributed by atoms with Crippen LogP contribution in [0, 0.1) is 0 Å². The van der Waals surface area contributed by atoms with Crippen LogP contribution in [-0.4, -0.2) is 17.4 Å². The molecule has 1 heterocycles. The van der Waals surface area contributed by atoms with Crippen molar-refractivity contribution >= 4 is 30.1 Å². The number of rotatable bonds is 2. The molecule has 0 radical (unpaired) electrons. The molecule has 0 N–H and O–H groups in total. The van der Waals surface area contributed by atoms with E-state index >= 15 is 0 Å². The van der Waals surface area contributed by atoms with Crippen molar-refractivity contribution < 1.29 is 4.79 Å². The van der Waals surface area contributed by atoms with Crippen LogP contribution in [0.3, 0.4) is 0 Å². The third-order valence-corrected chi connectivity index (χ3v) is 4.21. The number of carbonyl (C=O) groups excluding carboxylic acids is 1. The largest absolute Gasteiger partial charge is 0.333 e. The van der Waals surface area contributed by atoms with Crippen molar-refractivity contribution in [1.29, 1.82) is 0 Å². The molecule has 0 fully saturated rings. The summed E-state index contributed by atoms with van der Waals surface area (Å²) in [6.07, 6.45) is 0. The highest BCUT2D eigenvalue weighted by molar-refractivity contribution is 7.80. The van der Waals surface area contributed by atoms with E-state index in [4.69, 9.17) is 11.6 Å². The smallest absolute Gasteiger partial charge is 0.254 e. The maximum absolute atomic E-state index is 12.5. The zero-order valence-electron chi connectivity index (χ0n) is 10.8. The third kappa shape index (κ3) is 2.56. The van der Waals surface area contributed by atoms with E-state index in [0.29, 0.717) is 18.1 Å². The molecule has 1 unspecified atom stereocenters. The van der Waals surface area contributed by atoms with Crippen LogP contribution in [-0.2, 0) is 6.54 Å². The molecule has 20 heavy (non-hydrogen) atoms. The van der Waals surface area contributed by atoms with Gasteiger partial charge < -0.3 is 4.90 Å². The van der Waals surface area contributed by atoms with Gasteiger partial charge in [0.2, 0.25) is 0 Å². The first-order valence-corrected chi connectivity index (χ1v) is 7.35. The summed E-state index contributed by atoms with van der Waals surface area (Å²) in [6.45, 7) is 1.21. The Morgan fingerprint density at radius 3 is 2.60 bits per heavy atom. The van der Waals surface area contributed by atoms with E-state index in [9.17, 15) is 4.79 Å². The Kier molecular flexibility index (Phi) is 3.72. The first kappa shape index (κ1) is 13.5. The predicted molar refractivity (Wildman–Crippen MR) is 84.4 cm³/mol. The van der Waals surface area contributed by atoms with Crippen LogP contribution in [0.2, 0.25) is 5.02 Å². The SMILES string of the molecule is O=C1c2ccccc2C(S)CN1Cc1ccc(Cl)cc1. The van der Waals surface area contributed by atoms with E-state index in [2.05, 4.69) is 12.6 Å². The molecule has 1 aliphatic rings. The van der Waals surface area contributed by atoms with E-state index in [-0.39, 0.29) is 11.2 Å². The molecule has 0 aliphatic carbocycles. The second kappa shape index (κ2) is 5.51. The zero-order valence-corrected chi connectivity index (χ0v) is 12.4. The molecule has 0 saturated heterocycles. The highest BCUT2D eigenvalue weighted by Gasteiger charge is 2.28. The van der Waals surface area contributed by atoms with Gasteiger partial charge in [0, 0.05) is 28.9 Å². The fourth-order valence-corrected chi connectivity index (χ4v) is 3.04. The summed E-state index contributed by atoms with van der Waals surface area (Å²) in [6, 6.07) is 15.3. The quantitative estimate of drug-likeness (QED) is 0.833. The molecule has 2 nitrogen and oxygen atoms in total. The number of amides is 1. The van der Waals surface area contributed by atoms with Crippen LogP contribution < -0.4 is 0 Å². The van der Waals surface area contributed by atoms with Crippen molar-refractivity contribution in [2.24, 2.45) is 0 Å². The minimum Gasteiger partial charge on any atom is -0.333 e. The number of hydrogen-bond acceptors (Lipinski definition) is 2. The highest BCUT2D eigenvalue weighted by atomic mass is 35.5. The van der Waals surface area contributed by atoms with Gasteiger partial charge in [-0.25, -0.2) is 0 Å². The van der Waals surface area contributed by atoms with Crippen molar-refractivity contribution in [1.82, 2.24) is 4.90 Å². The van der Waals surface area contributed by atoms with Gasteiger partial charge in [-0.05, 0) is 29.3 Å². The molecular weight excluding hydrogens is 290 g/mol. The van der Waals surface area contributed by atoms with Gasteiger partial charge in [-0.1, -0.05) is 41.9 Å². The van der Waals surface area contributed by atoms with Gasteiger partial charge in [0.1, 0.15) is 0 Å². The Bertz CT molecular complexity index is 641. The standard InChI is InChI=1S/C16H14ClNOS/c17-12-7-5-11(6-8-12)9-18-10-15(20)13-3-1-2-4-14(13)16(18)19/h1-8,15,20H,9-10H2. The summed E-state index contributed by atoms with van der Waals surface area (Å²) in [5.74, 6) is 0.0702. The number of benzene rings is 2. The molecule has 2 aromatic rings. The summed E-state index contributed by atoms with van der Waals surface area (Å²) in [5.41, 5.74) is 2.85. The van der Waals surface area contributed by atoms with Crippen LogP contribution >= 0.6 is 24.2 Å². The third-order valence-electron chi connectivity index (χ3n) is 3.52. The summed E-state index contributed by atoms with van der Waals surface area (Å²) in [5, 5.41) is 0.771. The van der Waals surface area contributed by atoms with Gasteiger partial charge in [0.25, 0.3) is 5.91 Å². The summed E-state index contributed by atoms with van der Waals surface area (Å²) in [4.78, 5) is 14.3. The van der Waals surface area contributed by atoms with Gasteiger partial charge in [0.05, 0.1) is 0 Å². The molecule has 1 aliphatic heterocycles. The fraction of sp³-hybridized carbons (Fsp3) is 0.188. The van der Waals surface area contributed by atoms with Crippen LogP contribution in [0.1, 0.15) is 26.7 Å². The highest BCUT2D eigenvalue weighted by Crippen LogP contribution is 2.31. The monoisotopic (exact) mass is 303 g/mol. The molecule has 0 saturated carbocycles. The molecule has 0 spiro atoms. The molecular formula is C16H14ClNOS. The van der Waals surface area contributed by atoms with E-state index in [1.807, 2.05) is 53.4 Å². The van der Waals surface area contributed by atoms with Gasteiger partial charge in [-0.15, -0.1) is 0 Å². The Hall–Kier alpha value is -1.45. The number of halogens is 1. The van der Waals surface area contributed by atoms with Gasteiger partial charge in [-0.3, -0.25) is 4.79 Å². The second-order valence-electron chi connectivity index (χ2n) is 4.92. The number of thiol groups is 1. The number of hydrogen-bond donors (Lipinski definition) is 1. The van der Waals surface area contributed by atoms with Crippen LogP contribution in [0.5, 0.6) is 0 Å². The van der Waals surface area contributed by atoms with Crippen molar-refractivity contribution in [2.75, 3.05) is 6.54 Å². The van der Waals surface area contributed by atoms with Gasteiger partial charge in [0.15, 0.2) is 0 Å². The summed E-state index contributed by atoms with van der Waals surface area (Å²) >= 11 is 10.5. The number of carbonyl (C=O) groups is 1. The molecule has 1 amide bonds. The molecule has 0 aromatic heterocycles. The Labute approximate surface area is 128 Å². The lowest BCUT2D eigenvalue weighted by molar-refractivity contribution is 0.0725. The van der Waals surface area contributed by atoms with Crippen molar-refractivity contribution in [3.8, 4) is 0 Å². The van der Waals surface area contributed by atoms with E-state index in [1.165, 1.54) is 0 Å². The molecule has 102 valence electrons.